The molecule has 0 unspecified atom stereocenters. The lowest BCUT2D eigenvalue weighted by atomic mass is 10.1. The summed E-state index contributed by atoms with van der Waals surface area (Å²) in [5.74, 6) is -0.942. The quantitative estimate of drug-likeness (QED) is 0.450. The third-order valence-electron chi connectivity index (χ3n) is 5.64. The van der Waals surface area contributed by atoms with E-state index in [1.807, 2.05) is 6.07 Å². The van der Waals surface area contributed by atoms with Crippen molar-refractivity contribution in [1.82, 2.24) is 9.88 Å². The highest BCUT2D eigenvalue weighted by molar-refractivity contribution is 5.95. The SMILES string of the molecule is CCN1CCN(c2ccc(Nc3cc4c(C)c(C(=O)O)oc4cn3)c([N+](=O)[O-])c2)CC1. The monoisotopic (exact) mass is 425 g/mol. The molecular weight excluding hydrogens is 402 g/mol. The van der Waals surface area contributed by atoms with Crippen molar-refractivity contribution in [3.63, 3.8) is 0 Å². The molecule has 1 aliphatic heterocycles. The molecule has 10 heteroatoms. The van der Waals surface area contributed by atoms with E-state index >= 15 is 0 Å². The normalized spacial score (nSPS) is 14.7. The Morgan fingerprint density at radius 1 is 1.29 bits per heavy atom. The fourth-order valence-corrected chi connectivity index (χ4v) is 3.83. The summed E-state index contributed by atoms with van der Waals surface area (Å²) in [4.78, 5) is 31.3. The number of benzene rings is 1. The fraction of sp³-hybridized carbons (Fsp3) is 0.333. The number of piperazine rings is 1. The van der Waals surface area contributed by atoms with Gasteiger partial charge in [-0.2, -0.15) is 0 Å². The van der Waals surface area contributed by atoms with Crippen LogP contribution in [0, 0.1) is 17.0 Å². The van der Waals surface area contributed by atoms with Crippen LogP contribution in [0.3, 0.4) is 0 Å². The van der Waals surface area contributed by atoms with Gasteiger partial charge in [-0.3, -0.25) is 10.1 Å². The average Bonchev–Trinajstić information content (AvgIpc) is 3.10. The summed E-state index contributed by atoms with van der Waals surface area (Å²) in [5.41, 5.74) is 1.90. The highest BCUT2D eigenvalue weighted by Gasteiger charge is 2.22. The van der Waals surface area contributed by atoms with Crippen molar-refractivity contribution in [3.05, 3.63) is 51.9 Å². The number of nitro groups is 1. The van der Waals surface area contributed by atoms with Gasteiger partial charge in [0.15, 0.2) is 5.58 Å². The second kappa shape index (κ2) is 8.23. The molecule has 1 fully saturated rings. The molecule has 2 N–H and O–H groups in total. The Bertz CT molecular complexity index is 1150. The standard InChI is InChI=1S/C21H23N5O5/c1-3-24-6-8-25(9-7-24)14-4-5-16(17(10-14)26(29)30)23-19-11-15-13(2)20(21(27)28)31-18(15)12-22-19/h4-5,10-12H,3,6-9H2,1-2H3,(H,22,23)(H,27,28). The van der Waals surface area contributed by atoms with E-state index in [0.29, 0.717) is 28.0 Å². The molecule has 10 nitrogen and oxygen atoms in total. The molecule has 1 saturated heterocycles. The highest BCUT2D eigenvalue weighted by Crippen LogP contribution is 2.33. The minimum atomic E-state index is -1.16. The molecule has 4 rings (SSSR count). The number of nitro benzene ring substituents is 1. The number of pyridine rings is 1. The third kappa shape index (κ3) is 4.02. The van der Waals surface area contributed by atoms with Crippen LogP contribution in [0.2, 0.25) is 0 Å². The molecule has 31 heavy (non-hydrogen) atoms. The summed E-state index contributed by atoms with van der Waals surface area (Å²) in [6, 6.07) is 6.74. The first kappa shape index (κ1) is 20.6. The molecule has 1 aromatic carbocycles. The number of nitrogens with zero attached hydrogens (tertiary/aromatic N) is 4. The molecule has 162 valence electrons. The average molecular weight is 425 g/mol. The molecule has 0 aliphatic carbocycles. The molecule has 0 amide bonds. The Kier molecular flexibility index (Phi) is 5.47. The molecule has 3 heterocycles. The maximum atomic E-state index is 11.7. The molecule has 0 bridgehead atoms. The number of aromatic nitrogens is 1. The van der Waals surface area contributed by atoms with E-state index in [1.165, 1.54) is 6.20 Å². The van der Waals surface area contributed by atoms with Crippen LogP contribution in [-0.4, -0.2) is 58.6 Å². The number of hydrogen-bond acceptors (Lipinski definition) is 8. The number of carbonyl (C=O) groups is 1. The zero-order valence-corrected chi connectivity index (χ0v) is 17.3. The molecule has 2 aromatic heterocycles. The number of furan rings is 1. The summed E-state index contributed by atoms with van der Waals surface area (Å²) in [5, 5.41) is 24.5. The summed E-state index contributed by atoms with van der Waals surface area (Å²) in [6.45, 7) is 8.27. The van der Waals surface area contributed by atoms with Gasteiger partial charge >= 0.3 is 5.97 Å². The van der Waals surface area contributed by atoms with Gasteiger partial charge in [-0.25, -0.2) is 9.78 Å². The van der Waals surface area contributed by atoms with Gasteiger partial charge in [0.2, 0.25) is 5.76 Å². The topological polar surface area (TPSA) is 125 Å². The summed E-state index contributed by atoms with van der Waals surface area (Å²) >= 11 is 0. The molecular formula is C21H23N5O5. The number of hydrogen-bond donors (Lipinski definition) is 2. The number of aromatic carboxylic acids is 1. The second-order valence-electron chi connectivity index (χ2n) is 7.43. The molecule has 0 radical (unpaired) electrons. The number of carboxylic acids is 1. The van der Waals surface area contributed by atoms with Crippen molar-refractivity contribution in [1.29, 1.82) is 0 Å². The molecule has 0 atom stereocenters. The van der Waals surface area contributed by atoms with Crippen molar-refractivity contribution in [3.8, 4) is 0 Å². The lowest BCUT2D eigenvalue weighted by Gasteiger charge is -2.35. The first-order valence-corrected chi connectivity index (χ1v) is 10.0. The van der Waals surface area contributed by atoms with Gasteiger partial charge < -0.3 is 24.6 Å². The molecule has 3 aromatic rings. The number of aryl methyl sites for hydroxylation is 1. The predicted octanol–water partition coefficient (Wildman–Crippen LogP) is 3.63. The van der Waals surface area contributed by atoms with E-state index < -0.39 is 10.9 Å². The van der Waals surface area contributed by atoms with E-state index in [1.54, 1.807) is 25.1 Å². The van der Waals surface area contributed by atoms with Gasteiger partial charge in [0.1, 0.15) is 11.5 Å². The van der Waals surface area contributed by atoms with Crippen LogP contribution in [0.4, 0.5) is 22.9 Å². The highest BCUT2D eigenvalue weighted by atomic mass is 16.6. The Hall–Kier alpha value is -3.66. The lowest BCUT2D eigenvalue weighted by molar-refractivity contribution is -0.383. The van der Waals surface area contributed by atoms with Crippen LogP contribution in [0.1, 0.15) is 23.0 Å². The number of carboxylic acid groups (broad SMARTS) is 1. The summed E-state index contributed by atoms with van der Waals surface area (Å²) in [7, 11) is 0. The lowest BCUT2D eigenvalue weighted by Crippen LogP contribution is -2.46. The number of nitrogens with one attached hydrogen (secondary N) is 1. The van der Waals surface area contributed by atoms with Crippen molar-refractivity contribution < 1.29 is 19.2 Å². The van der Waals surface area contributed by atoms with Gasteiger partial charge in [0.05, 0.1) is 11.1 Å². The zero-order valence-electron chi connectivity index (χ0n) is 17.3. The first-order valence-electron chi connectivity index (χ1n) is 10.0. The van der Waals surface area contributed by atoms with Gasteiger partial charge in [-0.15, -0.1) is 0 Å². The van der Waals surface area contributed by atoms with E-state index in [4.69, 9.17) is 4.42 Å². The molecule has 0 saturated carbocycles. The van der Waals surface area contributed by atoms with Crippen molar-refractivity contribution >= 4 is 39.8 Å². The van der Waals surface area contributed by atoms with Gasteiger partial charge in [-0.1, -0.05) is 6.92 Å². The van der Waals surface area contributed by atoms with Crippen LogP contribution in [0.15, 0.2) is 34.9 Å². The Labute approximate surface area is 178 Å². The van der Waals surface area contributed by atoms with Crippen LogP contribution in [-0.2, 0) is 0 Å². The fourth-order valence-electron chi connectivity index (χ4n) is 3.83. The number of rotatable bonds is 6. The maximum absolute atomic E-state index is 11.7. The second-order valence-corrected chi connectivity index (χ2v) is 7.43. The van der Waals surface area contributed by atoms with Crippen LogP contribution < -0.4 is 10.2 Å². The minimum Gasteiger partial charge on any atom is -0.475 e. The van der Waals surface area contributed by atoms with Crippen LogP contribution in [0.25, 0.3) is 11.0 Å². The first-order chi connectivity index (χ1) is 14.9. The Balaban J connectivity index is 1.61. The number of likely N-dealkylation sites (N-methyl/N-ethyl adjacent to an activating group) is 1. The smallest absolute Gasteiger partial charge is 0.372 e. The van der Waals surface area contributed by atoms with Crippen molar-refractivity contribution in [2.75, 3.05) is 42.9 Å². The van der Waals surface area contributed by atoms with Crippen LogP contribution in [0.5, 0.6) is 0 Å². The van der Waals surface area contributed by atoms with E-state index in [2.05, 4.69) is 27.0 Å². The molecule has 0 spiro atoms. The molecule has 1 aliphatic rings. The maximum Gasteiger partial charge on any atom is 0.372 e. The zero-order chi connectivity index (χ0) is 22.1. The number of anilines is 3. The predicted molar refractivity (Wildman–Crippen MR) is 116 cm³/mol. The Morgan fingerprint density at radius 3 is 2.68 bits per heavy atom. The summed E-state index contributed by atoms with van der Waals surface area (Å²) in [6.07, 6.45) is 1.41. The van der Waals surface area contributed by atoms with E-state index in [0.717, 1.165) is 38.4 Å². The summed E-state index contributed by atoms with van der Waals surface area (Å²) < 4.78 is 5.32. The largest absolute Gasteiger partial charge is 0.475 e. The van der Waals surface area contributed by atoms with Crippen molar-refractivity contribution in [2.45, 2.75) is 13.8 Å². The van der Waals surface area contributed by atoms with Gasteiger partial charge in [0, 0.05) is 48.9 Å². The Morgan fingerprint density at radius 2 is 2.03 bits per heavy atom. The van der Waals surface area contributed by atoms with Crippen molar-refractivity contribution in [2.24, 2.45) is 0 Å². The van der Waals surface area contributed by atoms with Crippen LogP contribution >= 0.6 is 0 Å². The van der Waals surface area contributed by atoms with Gasteiger partial charge in [-0.05, 0) is 31.7 Å². The van der Waals surface area contributed by atoms with Gasteiger partial charge in [0.25, 0.3) is 5.69 Å². The number of fused-ring (bicyclic) bond motifs is 1. The van der Waals surface area contributed by atoms with E-state index in [9.17, 15) is 20.0 Å². The third-order valence-corrected chi connectivity index (χ3v) is 5.64. The minimum absolute atomic E-state index is 0.0486. The van der Waals surface area contributed by atoms with E-state index in [-0.39, 0.29) is 11.4 Å².